The zero-order valence-corrected chi connectivity index (χ0v) is 3.46. The fourth-order valence-electron chi connectivity index (χ4n) is 0.252. The molecule has 0 bridgehead atoms. The molecule has 1 heterocycles. The van der Waals surface area contributed by atoms with Crippen molar-refractivity contribution >= 4 is 0 Å². The zero-order valence-electron chi connectivity index (χ0n) is 3.46. The van der Waals surface area contributed by atoms with Gasteiger partial charge < -0.3 is 0 Å². The highest BCUT2D eigenvalue weighted by Gasteiger charge is 1.72. The second kappa shape index (κ2) is 1.51. The van der Waals surface area contributed by atoms with Crippen LogP contribution in [0.1, 0.15) is 0 Å². The fourth-order valence-corrected chi connectivity index (χ4v) is 0.252. The Labute approximate surface area is 39.2 Å². The van der Waals surface area contributed by atoms with Gasteiger partial charge in [0, 0.05) is 0 Å². The number of aromatic amines is 1. The van der Waals surface area contributed by atoms with Crippen molar-refractivity contribution in [2.45, 2.75) is 0 Å². The molecule has 0 aliphatic carbocycles. The number of nitrogens with zero attached hydrogens (tertiary/aromatic N) is 2. The van der Waals surface area contributed by atoms with Gasteiger partial charge in [0.25, 0.3) is 0 Å². The number of aromatic nitrogens is 3. The lowest BCUT2D eigenvalue weighted by Crippen LogP contribution is -2.00. The van der Waals surface area contributed by atoms with Crippen LogP contribution in [-0.4, -0.2) is 15.4 Å². The van der Waals surface area contributed by atoms with Crippen LogP contribution in [0.25, 0.3) is 0 Å². The van der Waals surface area contributed by atoms with Crippen molar-refractivity contribution < 1.29 is 0 Å². The van der Waals surface area contributed by atoms with Crippen LogP contribution in [0.15, 0.2) is 17.2 Å². The van der Waals surface area contributed by atoms with Gasteiger partial charge in [0.2, 0.25) is 5.43 Å². The number of hydrogen-bond acceptors (Lipinski definition) is 3. The molecule has 1 N–H and O–H groups in total. The zero-order chi connectivity index (χ0) is 5.11. The first-order valence-electron chi connectivity index (χ1n) is 1.75. The molecule has 1 rings (SSSR count). The Morgan fingerprint density at radius 1 is 1.43 bits per heavy atom. The number of nitrogens with one attached hydrogen (secondary N) is 1. The molecule has 0 fully saturated rings. The third-order valence-electron chi connectivity index (χ3n) is 0.499. The van der Waals surface area contributed by atoms with E-state index in [1.807, 2.05) is 0 Å². The van der Waals surface area contributed by atoms with Gasteiger partial charge in [-0.25, -0.2) is 0 Å². The van der Waals surface area contributed by atoms with E-state index in [0.717, 1.165) is 12.4 Å². The predicted octanol–water partition coefficient (Wildman–Crippen LogP) is -0.835. The summed E-state index contributed by atoms with van der Waals surface area (Å²) in [6, 6.07) is 0. The van der Waals surface area contributed by atoms with Gasteiger partial charge in [-0.1, -0.05) is 0 Å². The van der Waals surface area contributed by atoms with Crippen LogP contribution >= 0.6 is 0 Å². The van der Waals surface area contributed by atoms with Crippen molar-refractivity contribution in [1.29, 1.82) is 0 Å². The third-order valence-corrected chi connectivity index (χ3v) is 0.499. The summed E-state index contributed by atoms with van der Waals surface area (Å²) in [5.74, 6) is 0. The smallest absolute Gasteiger partial charge is 0.218 e. The molecule has 0 radical (unpaired) electrons. The Morgan fingerprint density at radius 2 is 2.00 bits per heavy atom. The molecule has 4 nitrogen and oxygen atoms in total. The standard InChI is InChI=1S/C3H3N3O/c7-3-1-4-6-5-2-3/h1-2H,(H,6,7). The maximum absolute atomic E-state index is 10.1. The Balaban J connectivity index is 3.28. The SMILES string of the molecule is O=c1cn[nH]nc1. The molecule has 0 atom stereocenters. The molecule has 1 aromatic heterocycles. The molecule has 0 saturated heterocycles. The van der Waals surface area contributed by atoms with Crippen molar-refractivity contribution in [3.63, 3.8) is 0 Å². The molecular weight excluding hydrogens is 94.1 g/mol. The van der Waals surface area contributed by atoms with Crippen molar-refractivity contribution in [3.8, 4) is 0 Å². The highest BCUT2D eigenvalue weighted by atomic mass is 16.1. The molecule has 0 saturated carbocycles. The molecule has 7 heavy (non-hydrogen) atoms. The van der Waals surface area contributed by atoms with Gasteiger partial charge in [0.1, 0.15) is 0 Å². The topological polar surface area (TPSA) is 58.6 Å². The minimum absolute atomic E-state index is 0.182. The summed E-state index contributed by atoms with van der Waals surface area (Å²) in [6.07, 6.45) is 2.32. The molecule has 0 unspecified atom stereocenters. The molecule has 1 aromatic rings. The van der Waals surface area contributed by atoms with Crippen LogP contribution in [0.2, 0.25) is 0 Å². The average molecular weight is 97.1 g/mol. The van der Waals surface area contributed by atoms with Gasteiger partial charge in [-0.2, -0.15) is 15.4 Å². The largest absolute Gasteiger partial charge is 0.286 e. The minimum atomic E-state index is -0.182. The van der Waals surface area contributed by atoms with Gasteiger partial charge in [0.05, 0.1) is 12.4 Å². The maximum Gasteiger partial charge on any atom is 0.218 e. The Bertz CT molecular complexity index is 176. The second-order valence-electron chi connectivity index (χ2n) is 1.02. The normalized spacial score (nSPS) is 8.57. The highest BCUT2D eigenvalue weighted by molar-refractivity contribution is 4.73. The highest BCUT2D eigenvalue weighted by Crippen LogP contribution is 1.48. The van der Waals surface area contributed by atoms with Crippen LogP contribution in [0, 0.1) is 0 Å². The Hall–Kier alpha value is -1.19. The van der Waals surface area contributed by atoms with Gasteiger partial charge in [-0.05, 0) is 0 Å². The number of rotatable bonds is 0. The van der Waals surface area contributed by atoms with E-state index in [9.17, 15) is 4.79 Å². The summed E-state index contributed by atoms with van der Waals surface area (Å²) in [5, 5.41) is 8.90. The van der Waals surface area contributed by atoms with Gasteiger partial charge in [-0.15, -0.1) is 0 Å². The van der Waals surface area contributed by atoms with E-state index in [-0.39, 0.29) is 5.43 Å². The van der Waals surface area contributed by atoms with E-state index in [0.29, 0.717) is 0 Å². The molecule has 0 amide bonds. The summed E-state index contributed by atoms with van der Waals surface area (Å²) >= 11 is 0. The van der Waals surface area contributed by atoms with Crippen LogP contribution < -0.4 is 5.43 Å². The molecule has 0 spiro atoms. The first-order chi connectivity index (χ1) is 3.39. The fraction of sp³-hybridized carbons (Fsp3) is 0. The van der Waals surface area contributed by atoms with Gasteiger partial charge >= 0.3 is 0 Å². The lowest BCUT2D eigenvalue weighted by Gasteiger charge is -1.72. The monoisotopic (exact) mass is 97.0 g/mol. The molecular formula is C3H3N3O. The van der Waals surface area contributed by atoms with E-state index < -0.39 is 0 Å². The molecule has 0 aliphatic rings. The van der Waals surface area contributed by atoms with Gasteiger partial charge in [-0.3, -0.25) is 4.79 Å². The first kappa shape index (κ1) is 3.98. The van der Waals surface area contributed by atoms with Crippen molar-refractivity contribution in [3.05, 3.63) is 22.6 Å². The van der Waals surface area contributed by atoms with E-state index in [1.54, 1.807) is 0 Å². The van der Waals surface area contributed by atoms with Crippen molar-refractivity contribution in [2.24, 2.45) is 0 Å². The lowest BCUT2D eigenvalue weighted by atomic mass is 10.7. The van der Waals surface area contributed by atoms with Crippen LogP contribution in [0.3, 0.4) is 0 Å². The molecule has 36 valence electrons. The van der Waals surface area contributed by atoms with Crippen LogP contribution in [0.4, 0.5) is 0 Å². The van der Waals surface area contributed by atoms with Crippen LogP contribution in [0.5, 0.6) is 0 Å². The third kappa shape index (κ3) is 0.819. The lowest BCUT2D eigenvalue weighted by molar-refractivity contribution is 0.854. The molecule has 0 aromatic carbocycles. The van der Waals surface area contributed by atoms with Crippen molar-refractivity contribution in [2.75, 3.05) is 0 Å². The number of hydrogen-bond donors (Lipinski definition) is 1. The van der Waals surface area contributed by atoms with Crippen molar-refractivity contribution in [1.82, 2.24) is 15.4 Å². The maximum atomic E-state index is 10.1. The molecule has 4 heteroatoms. The summed E-state index contributed by atoms with van der Waals surface area (Å²) < 4.78 is 0. The van der Waals surface area contributed by atoms with Gasteiger partial charge in [0.15, 0.2) is 0 Å². The van der Waals surface area contributed by atoms with E-state index in [2.05, 4.69) is 15.4 Å². The average Bonchev–Trinajstić information content (AvgIpc) is 1.69. The summed E-state index contributed by atoms with van der Waals surface area (Å²) in [7, 11) is 0. The Morgan fingerprint density at radius 3 is 2.29 bits per heavy atom. The first-order valence-corrected chi connectivity index (χ1v) is 1.75. The minimum Gasteiger partial charge on any atom is -0.286 e. The second-order valence-corrected chi connectivity index (χ2v) is 1.02. The van der Waals surface area contributed by atoms with Crippen LogP contribution in [-0.2, 0) is 0 Å². The Kier molecular flexibility index (Phi) is 0.856. The number of H-pyrrole nitrogens is 1. The quantitative estimate of drug-likeness (QED) is 0.459. The summed E-state index contributed by atoms with van der Waals surface area (Å²) in [5.41, 5.74) is -0.182. The summed E-state index contributed by atoms with van der Waals surface area (Å²) in [4.78, 5) is 10.1. The van der Waals surface area contributed by atoms with E-state index >= 15 is 0 Å². The molecule has 0 aliphatic heterocycles. The van der Waals surface area contributed by atoms with E-state index in [1.165, 1.54) is 0 Å². The predicted molar refractivity (Wildman–Crippen MR) is 22.7 cm³/mol. The van der Waals surface area contributed by atoms with E-state index in [4.69, 9.17) is 0 Å². The summed E-state index contributed by atoms with van der Waals surface area (Å²) in [6.45, 7) is 0.